The van der Waals surface area contributed by atoms with Gasteiger partial charge in [0.1, 0.15) is 6.29 Å². The Labute approximate surface area is 98.9 Å². The Morgan fingerprint density at radius 3 is 2.75 bits per heavy atom. The summed E-state index contributed by atoms with van der Waals surface area (Å²) in [7, 11) is 0. The Bertz CT molecular complexity index is 286. The number of hydrogen-bond donors (Lipinski definition) is 0. The van der Waals surface area contributed by atoms with Gasteiger partial charge in [0.25, 0.3) is 0 Å². The Kier molecular flexibility index (Phi) is 5.84. The summed E-state index contributed by atoms with van der Waals surface area (Å²) in [6, 6.07) is 0. The second-order valence-electron chi connectivity index (χ2n) is 4.53. The Hall–Kier alpha value is -1.11. The van der Waals surface area contributed by atoms with E-state index < -0.39 is 0 Å². The van der Waals surface area contributed by atoms with Crippen LogP contribution in [-0.2, 0) is 4.79 Å². The molecule has 1 unspecified atom stereocenters. The number of rotatable bonds is 7. The van der Waals surface area contributed by atoms with Crippen LogP contribution in [-0.4, -0.2) is 6.29 Å². The van der Waals surface area contributed by atoms with Crippen LogP contribution in [0, 0.1) is 5.41 Å². The molecule has 0 heterocycles. The van der Waals surface area contributed by atoms with Crippen molar-refractivity contribution >= 4 is 6.29 Å². The van der Waals surface area contributed by atoms with Gasteiger partial charge < -0.3 is 0 Å². The van der Waals surface area contributed by atoms with E-state index in [9.17, 15) is 4.79 Å². The van der Waals surface area contributed by atoms with E-state index in [1.165, 1.54) is 25.7 Å². The molecule has 1 aliphatic rings. The van der Waals surface area contributed by atoms with Gasteiger partial charge in [0.15, 0.2) is 0 Å². The monoisotopic (exact) mass is 218 g/mol. The summed E-state index contributed by atoms with van der Waals surface area (Å²) in [5.74, 6) is 0. The van der Waals surface area contributed by atoms with Crippen LogP contribution < -0.4 is 0 Å². The zero-order chi connectivity index (χ0) is 11.7. The van der Waals surface area contributed by atoms with Gasteiger partial charge in [-0.1, -0.05) is 63.0 Å². The van der Waals surface area contributed by atoms with E-state index in [1.54, 1.807) is 6.08 Å². The van der Waals surface area contributed by atoms with E-state index in [2.05, 4.69) is 37.3 Å². The number of carbonyl (C=O) groups is 1. The molecule has 0 aromatic heterocycles. The minimum atomic E-state index is 0.101. The normalized spacial score (nSPS) is 24.1. The fourth-order valence-corrected chi connectivity index (χ4v) is 2.19. The predicted molar refractivity (Wildman–Crippen MR) is 69.3 cm³/mol. The van der Waals surface area contributed by atoms with Gasteiger partial charge in [-0.2, -0.15) is 0 Å². The van der Waals surface area contributed by atoms with Gasteiger partial charge in [0.2, 0.25) is 0 Å². The Morgan fingerprint density at radius 1 is 1.25 bits per heavy atom. The molecule has 0 saturated carbocycles. The molecular formula is C15H22O. The molecule has 0 saturated heterocycles. The summed E-state index contributed by atoms with van der Waals surface area (Å²) in [4.78, 5) is 10.4. The van der Waals surface area contributed by atoms with Crippen molar-refractivity contribution in [1.29, 1.82) is 0 Å². The number of allylic oxidation sites excluding steroid dienone is 6. The summed E-state index contributed by atoms with van der Waals surface area (Å²) in [5.41, 5.74) is 0.101. The molecule has 1 heteroatoms. The molecule has 0 aliphatic heterocycles. The van der Waals surface area contributed by atoms with Crippen molar-refractivity contribution in [3.63, 3.8) is 0 Å². The lowest BCUT2D eigenvalue weighted by Gasteiger charge is -2.27. The highest BCUT2D eigenvalue weighted by Crippen LogP contribution is 2.35. The lowest BCUT2D eigenvalue weighted by Crippen LogP contribution is -2.15. The maximum atomic E-state index is 10.4. The molecule has 1 aliphatic carbocycles. The molecule has 0 fully saturated rings. The van der Waals surface area contributed by atoms with Gasteiger partial charge in [0, 0.05) is 5.41 Å². The quantitative estimate of drug-likeness (QED) is 0.355. The second kappa shape index (κ2) is 7.21. The smallest absolute Gasteiger partial charge is 0.142 e. The van der Waals surface area contributed by atoms with Crippen molar-refractivity contribution < 1.29 is 4.79 Å². The molecule has 16 heavy (non-hydrogen) atoms. The third-order valence-corrected chi connectivity index (χ3v) is 3.18. The van der Waals surface area contributed by atoms with Gasteiger partial charge >= 0.3 is 0 Å². The molecule has 1 rings (SSSR count). The molecular weight excluding hydrogens is 196 g/mol. The molecule has 1 nitrogen and oxygen atoms in total. The molecule has 0 aromatic carbocycles. The first-order chi connectivity index (χ1) is 7.83. The maximum Gasteiger partial charge on any atom is 0.142 e. The first-order valence-electron chi connectivity index (χ1n) is 6.30. The van der Waals surface area contributed by atoms with Crippen molar-refractivity contribution in [2.24, 2.45) is 5.41 Å². The summed E-state index contributed by atoms with van der Waals surface area (Å²) >= 11 is 0. The van der Waals surface area contributed by atoms with Crippen molar-refractivity contribution in [3.8, 4) is 0 Å². The van der Waals surface area contributed by atoms with Gasteiger partial charge in [-0.05, 0) is 18.9 Å². The van der Waals surface area contributed by atoms with Crippen LogP contribution in [0.15, 0.2) is 36.5 Å². The van der Waals surface area contributed by atoms with Gasteiger partial charge in [-0.25, -0.2) is 0 Å². The van der Waals surface area contributed by atoms with E-state index in [-0.39, 0.29) is 5.41 Å². The topological polar surface area (TPSA) is 17.1 Å². The van der Waals surface area contributed by atoms with Gasteiger partial charge in [0.05, 0.1) is 0 Å². The Morgan fingerprint density at radius 2 is 2.12 bits per heavy atom. The van der Waals surface area contributed by atoms with Crippen molar-refractivity contribution in [2.75, 3.05) is 0 Å². The molecule has 88 valence electrons. The van der Waals surface area contributed by atoms with E-state index in [1.807, 2.05) is 0 Å². The first-order valence-corrected chi connectivity index (χ1v) is 6.30. The minimum absolute atomic E-state index is 0.101. The summed E-state index contributed by atoms with van der Waals surface area (Å²) in [6.45, 7) is 2.23. The largest absolute Gasteiger partial charge is 0.299 e. The molecule has 0 radical (unpaired) electrons. The lowest BCUT2D eigenvalue weighted by molar-refractivity contribution is -0.104. The third-order valence-electron chi connectivity index (χ3n) is 3.18. The number of hydrogen-bond acceptors (Lipinski definition) is 1. The summed E-state index contributed by atoms with van der Waals surface area (Å²) in [6.07, 6.45) is 20.5. The van der Waals surface area contributed by atoms with Crippen LogP contribution in [0.25, 0.3) is 0 Å². The van der Waals surface area contributed by atoms with E-state index in [4.69, 9.17) is 0 Å². The highest BCUT2D eigenvalue weighted by molar-refractivity contribution is 5.65. The van der Waals surface area contributed by atoms with Crippen LogP contribution in [0.4, 0.5) is 0 Å². The van der Waals surface area contributed by atoms with E-state index in [0.29, 0.717) is 0 Å². The third kappa shape index (κ3) is 4.18. The van der Waals surface area contributed by atoms with E-state index >= 15 is 0 Å². The summed E-state index contributed by atoms with van der Waals surface area (Å²) < 4.78 is 0. The molecule has 0 aromatic rings. The lowest BCUT2D eigenvalue weighted by atomic mass is 9.77. The fraction of sp³-hybridized carbons (Fsp3) is 0.533. The zero-order valence-electron chi connectivity index (χ0n) is 10.2. The average molecular weight is 218 g/mol. The van der Waals surface area contributed by atoms with Gasteiger partial charge in [-0.3, -0.25) is 4.79 Å². The van der Waals surface area contributed by atoms with E-state index in [0.717, 1.165) is 19.1 Å². The van der Waals surface area contributed by atoms with Gasteiger partial charge in [-0.15, -0.1) is 0 Å². The van der Waals surface area contributed by atoms with Crippen molar-refractivity contribution in [2.45, 2.75) is 45.4 Å². The maximum absolute atomic E-state index is 10.4. The van der Waals surface area contributed by atoms with Crippen LogP contribution in [0.3, 0.4) is 0 Å². The van der Waals surface area contributed by atoms with Crippen molar-refractivity contribution in [1.82, 2.24) is 0 Å². The molecule has 0 bridgehead atoms. The Balaban J connectivity index is 2.51. The van der Waals surface area contributed by atoms with Crippen molar-refractivity contribution in [3.05, 3.63) is 36.5 Å². The highest BCUT2D eigenvalue weighted by atomic mass is 16.1. The molecule has 0 N–H and O–H groups in total. The predicted octanol–water partition coefficient (Wildman–Crippen LogP) is 4.21. The SMILES string of the molecule is CCCCCCC1(C=CC=O)C=CC=CC1. The van der Waals surface area contributed by atoms with Crippen LogP contribution in [0.5, 0.6) is 0 Å². The first kappa shape index (κ1) is 13.0. The summed E-state index contributed by atoms with van der Waals surface area (Å²) in [5, 5.41) is 0. The van der Waals surface area contributed by atoms with Crippen LogP contribution in [0.1, 0.15) is 45.4 Å². The zero-order valence-corrected chi connectivity index (χ0v) is 10.2. The molecule has 1 atom stereocenters. The fourth-order valence-electron chi connectivity index (χ4n) is 2.19. The second-order valence-corrected chi connectivity index (χ2v) is 4.53. The molecule has 0 spiro atoms. The van der Waals surface area contributed by atoms with Crippen LogP contribution in [0.2, 0.25) is 0 Å². The number of aldehydes is 1. The van der Waals surface area contributed by atoms with Crippen LogP contribution >= 0.6 is 0 Å². The number of unbranched alkanes of at least 4 members (excludes halogenated alkanes) is 3. The number of carbonyl (C=O) groups excluding carboxylic acids is 1. The molecule has 0 amide bonds. The average Bonchev–Trinajstić information content (AvgIpc) is 2.34. The highest BCUT2D eigenvalue weighted by Gasteiger charge is 2.22. The minimum Gasteiger partial charge on any atom is -0.299 e. The standard InChI is InChI=1S/C15H22O/c1-2-3-4-6-10-15(13-9-14-16)11-7-5-8-12-15/h5,7-9,11,13-14H,2-4,6,10,12H2,1H3.